The van der Waals surface area contributed by atoms with E-state index in [1.54, 1.807) is 33.8 Å². The SMILES string of the molecule is C[C@H]1CN(c2ccc(Cl)c(Cl)c2)C(=O)c2c(NC(=O)c3ccc(N)nc3)cnn21. The third-order valence-corrected chi connectivity index (χ3v) is 5.36. The van der Waals surface area contributed by atoms with E-state index in [4.69, 9.17) is 28.9 Å². The van der Waals surface area contributed by atoms with Crippen molar-refractivity contribution in [1.82, 2.24) is 14.8 Å². The van der Waals surface area contributed by atoms with Crippen molar-refractivity contribution in [3.63, 3.8) is 0 Å². The summed E-state index contributed by atoms with van der Waals surface area (Å²) in [6.45, 7) is 2.34. The first-order valence-corrected chi connectivity index (χ1v) is 9.48. The third-order valence-electron chi connectivity index (χ3n) is 4.62. The van der Waals surface area contributed by atoms with Gasteiger partial charge in [0, 0.05) is 18.4 Å². The molecule has 2 amide bonds. The highest BCUT2D eigenvalue weighted by atomic mass is 35.5. The fourth-order valence-electron chi connectivity index (χ4n) is 3.16. The van der Waals surface area contributed by atoms with Crippen LogP contribution in [0.3, 0.4) is 0 Å². The number of nitrogen functional groups attached to an aromatic ring is 1. The number of benzene rings is 1. The standard InChI is InChI=1S/C19H16Cl2N6O2/c1-10-9-26(12-3-4-13(20)14(21)6-12)19(29)17-15(8-24-27(10)17)25-18(28)11-2-5-16(22)23-7-11/h2-8,10H,9H2,1H3,(H2,22,23)(H,25,28)/t10-/m0/s1. The quantitative estimate of drug-likeness (QED) is 0.659. The van der Waals surface area contributed by atoms with Crippen LogP contribution < -0.4 is 16.0 Å². The molecule has 0 spiro atoms. The normalized spacial score (nSPS) is 15.9. The van der Waals surface area contributed by atoms with Crippen molar-refractivity contribution in [3.05, 3.63) is 64.0 Å². The fraction of sp³-hybridized carbons (Fsp3) is 0.158. The van der Waals surface area contributed by atoms with Gasteiger partial charge >= 0.3 is 0 Å². The molecule has 0 aliphatic carbocycles. The van der Waals surface area contributed by atoms with Gasteiger partial charge in [-0.3, -0.25) is 14.3 Å². The molecule has 1 aliphatic heterocycles. The van der Waals surface area contributed by atoms with Crippen molar-refractivity contribution >= 4 is 52.2 Å². The van der Waals surface area contributed by atoms with Crippen LogP contribution in [-0.4, -0.2) is 33.1 Å². The average molecular weight is 431 g/mol. The number of rotatable bonds is 3. The molecule has 4 rings (SSSR count). The van der Waals surface area contributed by atoms with Crippen LogP contribution in [0.25, 0.3) is 0 Å². The summed E-state index contributed by atoms with van der Waals surface area (Å²) < 4.78 is 1.60. The van der Waals surface area contributed by atoms with Crippen LogP contribution in [0, 0.1) is 0 Å². The molecule has 0 bridgehead atoms. The molecule has 1 aromatic carbocycles. The van der Waals surface area contributed by atoms with Crippen LogP contribution in [0.5, 0.6) is 0 Å². The summed E-state index contributed by atoms with van der Waals surface area (Å²) in [7, 11) is 0. The Bertz CT molecular complexity index is 1110. The Morgan fingerprint density at radius 1 is 1.21 bits per heavy atom. The summed E-state index contributed by atoms with van der Waals surface area (Å²) in [4.78, 5) is 31.3. The Balaban J connectivity index is 1.66. The van der Waals surface area contributed by atoms with Crippen LogP contribution in [0.15, 0.2) is 42.7 Å². The summed E-state index contributed by atoms with van der Waals surface area (Å²) >= 11 is 12.1. The maximum atomic E-state index is 13.2. The molecular formula is C19H16Cl2N6O2. The van der Waals surface area contributed by atoms with Gasteiger partial charge < -0.3 is 16.0 Å². The van der Waals surface area contributed by atoms with Gasteiger partial charge in [-0.1, -0.05) is 23.2 Å². The van der Waals surface area contributed by atoms with Gasteiger partial charge in [-0.05, 0) is 37.3 Å². The molecule has 1 aliphatic rings. The van der Waals surface area contributed by atoms with Crippen molar-refractivity contribution in [1.29, 1.82) is 0 Å². The zero-order valence-electron chi connectivity index (χ0n) is 15.3. The Labute approximate surface area is 176 Å². The van der Waals surface area contributed by atoms with E-state index < -0.39 is 5.91 Å². The molecular weight excluding hydrogens is 415 g/mol. The molecule has 3 N–H and O–H groups in total. The van der Waals surface area contributed by atoms with E-state index in [0.717, 1.165) is 0 Å². The van der Waals surface area contributed by atoms with Crippen molar-refractivity contribution in [2.24, 2.45) is 0 Å². The molecule has 0 unspecified atom stereocenters. The molecule has 0 radical (unpaired) electrons. The molecule has 3 heterocycles. The molecule has 0 fully saturated rings. The van der Waals surface area contributed by atoms with Gasteiger partial charge in [0.15, 0.2) is 5.69 Å². The number of hydrogen-bond acceptors (Lipinski definition) is 5. The second-order valence-electron chi connectivity index (χ2n) is 6.64. The maximum Gasteiger partial charge on any atom is 0.278 e. The number of hydrogen-bond donors (Lipinski definition) is 2. The lowest BCUT2D eigenvalue weighted by Gasteiger charge is -2.32. The third kappa shape index (κ3) is 3.52. The largest absolute Gasteiger partial charge is 0.384 e. The molecule has 3 aromatic rings. The van der Waals surface area contributed by atoms with Crippen LogP contribution >= 0.6 is 23.2 Å². The second kappa shape index (κ2) is 7.38. The lowest BCUT2D eigenvalue weighted by atomic mass is 10.1. The van der Waals surface area contributed by atoms with Crippen LogP contribution in [0.1, 0.15) is 33.8 Å². The molecule has 1 atom stereocenters. The predicted octanol–water partition coefficient (Wildman–Crippen LogP) is 3.64. The Kier molecular flexibility index (Phi) is 4.89. The van der Waals surface area contributed by atoms with Gasteiger partial charge in [-0.25, -0.2) is 4.98 Å². The summed E-state index contributed by atoms with van der Waals surface area (Å²) in [6, 6.07) is 7.98. The first kappa shape index (κ1) is 19.2. The molecule has 8 nitrogen and oxygen atoms in total. The fourth-order valence-corrected chi connectivity index (χ4v) is 3.46. The van der Waals surface area contributed by atoms with Gasteiger partial charge in [-0.2, -0.15) is 5.10 Å². The van der Waals surface area contributed by atoms with Gasteiger partial charge in [-0.15, -0.1) is 0 Å². The zero-order valence-corrected chi connectivity index (χ0v) is 16.8. The van der Waals surface area contributed by atoms with Crippen molar-refractivity contribution in [2.75, 3.05) is 22.5 Å². The van der Waals surface area contributed by atoms with Gasteiger partial charge in [0.1, 0.15) is 5.82 Å². The van der Waals surface area contributed by atoms with Crippen LogP contribution in [0.4, 0.5) is 17.2 Å². The number of nitrogens with two attached hydrogens (primary N) is 1. The maximum absolute atomic E-state index is 13.2. The number of anilines is 3. The highest BCUT2D eigenvalue weighted by molar-refractivity contribution is 6.42. The van der Waals surface area contributed by atoms with E-state index in [1.807, 2.05) is 6.92 Å². The summed E-state index contributed by atoms with van der Waals surface area (Å²) in [5.74, 6) is -0.407. The van der Waals surface area contributed by atoms with E-state index in [9.17, 15) is 9.59 Å². The minimum Gasteiger partial charge on any atom is -0.384 e. The molecule has 29 heavy (non-hydrogen) atoms. The van der Waals surface area contributed by atoms with Crippen LogP contribution in [0.2, 0.25) is 10.0 Å². The molecule has 2 aromatic heterocycles. The second-order valence-corrected chi connectivity index (χ2v) is 7.45. The number of pyridine rings is 1. The van der Waals surface area contributed by atoms with Crippen molar-refractivity contribution < 1.29 is 9.59 Å². The number of nitrogens with one attached hydrogen (secondary N) is 1. The van der Waals surface area contributed by atoms with Crippen LogP contribution in [-0.2, 0) is 0 Å². The number of nitrogens with zero attached hydrogens (tertiary/aromatic N) is 4. The van der Waals surface area contributed by atoms with Crippen molar-refractivity contribution in [2.45, 2.75) is 13.0 Å². The number of halogens is 2. The highest BCUT2D eigenvalue weighted by Gasteiger charge is 2.34. The molecule has 0 saturated heterocycles. The van der Waals surface area contributed by atoms with E-state index in [1.165, 1.54) is 18.5 Å². The van der Waals surface area contributed by atoms with Gasteiger partial charge in [0.2, 0.25) is 0 Å². The Hall–Kier alpha value is -3.10. The summed E-state index contributed by atoms with van der Waals surface area (Å²) in [5, 5.41) is 7.77. The molecule has 0 saturated carbocycles. The van der Waals surface area contributed by atoms with E-state index in [-0.39, 0.29) is 17.6 Å². The van der Waals surface area contributed by atoms with E-state index in [2.05, 4.69) is 15.4 Å². The number of carbonyl (C=O) groups is 2. The number of aromatic nitrogens is 3. The summed E-state index contributed by atoms with van der Waals surface area (Å²) in [6.07, 6.45) is 2.83. The van der Waals surface area contributed by atoms with Crippen molar-refractivity contribution in [3.8, 4) is 0 Å². The monoisotopic (exact) mass is 430 g/mol. The number of fused-ring (bicyclic) bond motifs is 1. The molecule has 10 heteroatoms. The number of carbonyl (C=O) groups excluding carboxylic acids is 2. The minimum absolute atomic E-state index is 0.110. The first-order valence-electron chi connectivity index (χ1n) is 8.72. The lowest BCUT2D eigenvalue weighted by molar-refractivity contribution is 0.0954. The Morgan fingerprint density at radius 3 is 2.69 bits per heavy atom. The zero-order chi connectivity index (χ0) is 20.7. The van der Waals surface area contributed by atoms with E-state index in [0.29, 0.717) is 39.3 Å². The number of amides is 2. The topological polar surface area (TPSA) is 106 Å². The molecule has 148 valence electrons. The highest BCUT2D eigenvalue weighted by Crippen LogP contribution is 2.33. The van der Waals surface area contributed by atoms with E-state index >= 15 is 0 Å². The predicted molar refractivity (Wildman–Crippen MR) is 112 cm³/mol. The van der Waals surface area contributed by atoms with Gasteiger partial charge in [0.25, 0.3) is 11.8 Å². The minimum atomic E-state index is -0.416. The summed E-state index contributed by atoms with van der Waals surface area (Å²) in [5.41, 5.74) is 7.08. The average Bonchev–Trinajstić information content (AvgIpc) is 3.12. The van der Waals surface area contributed by atoms with Gasteiger partial charge in [0.05, 0.1) is 33.5 Å². The lowest BCUT2D eigenvalue weighted by Crippen LogP contribution is -2.43. The first-order chi connectivity index (χ1) is 13.8. The smallest absolute Gasteiger partial charge is 0.278 e. The Morgan fingerprint density at radius 2 is 2.00 bits per heavy atom.